The number of amides is 1. The van der Waals surface area contributed by atoms with Crippen molar-refractivity contribution in [2.24, 2.45) is 0 Å². The molecule has 0 radical (unpaired) electrons. The molecule has 0 aliphatic heterocycles. The molecule has 20 heavy (non-hydrogen) atoms. The van der Waals surface area contributed by atoms with Crippen molar-refractivity contribution in [3.05, 3.63) is 0 Å². The van der Waals surface area contributed by atoms with E-state index in [9.17, 15) is 19.2 Å². The van der Waals surface area contributed by atoms with E-state index in [-0.39, 0.29) is 31.5 Å². The molecule has 0 aromatic heterocycles. The number of carbonyl (C=O) groups is 4. The van der Waals surface area contributed by atoms with Gasteiger partial charge in [-0.2, -0.15) is 0 Å². The van der Waals surface area contributed by atoms with Gasteiger partial charge in [0.25, 0.3) is 0 Å². The van der Waals surface area contributed by atoms with Crippen molar-refractivity contribution in [2.75, 3.05) is 7.05 Å². The molecule has 0 fully saturated rings. The zero-order valence-corrected chi connectivity index (χ0v) is 11.5. The zero-order valence-electron chi connectivity index (χ0n) is 11.5. The van der Waals surface area contributed by atoms with Gasteiger partial charge in [0, 0.05) is 12.8 Å². The minimum Gasteiger partial charge on any atom is -0.480 e. The summed E-state index contributed by atoms with van der Waals surface area (Å²) >= 11 is 0. The van der Waals surface area contributed by atoms with Crippen molar-refractivity contribution >= 4 is 23.6 Å². The fraction of sp³-hybridized carbons (Fsp3) is 0.667. The number of carboxylic acid groups (broad SMARTS) is 2. The summed E-state index contributed by atoms with van der Waals surface area (Å²) in [6.07, 6.45) is 0.0225. The highest BCUT2D eigenvalue weighted by molar-refractivity contribution is 5.84. The molecule has 0 aromatic rings. The molecule has 0 heterocycles. The van der Waals surface area contributed by atoms with Crippen molar-refractivity contribution in [2.45, 2.75) is 44.7 Å². The first kappa shape index (κ1) is 18.0. The lowest BCUT2D eigenvalue weighted by Gasteiger charge is -2.15. The van der Waals surface area contributed by atoms with Gasteiger partial charge in [-0.1, -0.05) is 0 Å². The van der Waals surface area contributed by atoms with Gasteiger partial charge in [-0.15, -0.1) is 0 Å². The second-order valence-corrected chi connectivity index (χ2v) is 4.42. The third-order valence-electron chi connectivity index (χ3n) is 2.73. The number of aliphatic carboxylic acids is 2. The first-order valence-electron chi connectivity index (χ1n) is 6.19. The Labute approximate surface area is 116 Å². The molecule has 2 atom stereocenters. The van der Waals surface area contributed by atoms with Crippen LogP contribution in [0.2, 0.25) is 0 Å². The minimum atomic E-state index is -1.22. The van der Waals surface area contributed by atoms with E-state index in [0.717, 1.165) is 0 Å². The van der Waals surface area contributed by atoms with Crippen LogP contribution in [0.15, 0.2) is 0 Å². The summed E-state index contributed by atoms with van der Waals surface area (Å²) in [5, 5.41) is 22.5. The number of carboxylic acids is 2. The van der Waals surface area contributed by atoms with Crippen molar-refractivity contribution in [1.82, 2.24) is 10.6 Å². The van der Waals surface area contributed by atoms with E-state index >= 15 is 0 Å². The average Bonchev–Trinajstić information content (AvgIpc) is 2.34. The van der Waals surface area contributed by atoms with Gasteiger partial charge in [0.1, 0.15) is 17.9 Å². The van der Waals surface area contributed by atoms with Crippen LogP contribution in [0.3, 0.4) is 0 Å². The molecule has 0 spiro atoms. The summed E-state index contributed by atoms with van der Waals surface area (Å²) in [5.41, 5.74) is 0. The van der Waals surface area contributed by atoms with E-state index in [1.165, 1.54) is 14.0 Å². The van der Waals surface area contributed by atoms with E-state index in [2.05, 4.69) is 10.6 Å². The smallest absolute Gasteiger partial charge is 0.326 e. The molecule has 0 aliphatic rings. The number of Topliss-reactive ketones (excluding diaryl/α,β-unsaturated/α-hetero) is 1. The Kier molecular flexibility index (Phi) is 8.14. The predicted octanol–water partition coefficient (Wildman–Crippen LogP) is -0.622. The number of hydrogen-bond donors (Lipinski definition) is 4. The van der Waals surface area contributed by atoms with Crippen molar-refractivity contribution in [3.8, 4) is 0 Å². The van der Waals surface area contributed by atoms with Crippen molar-refractivity contribution in [1.29, 1.82) is 0 Å². The fourth-order valence-corrected chi connectivity index (χ4v) is 1.54. The Bertz CT molecular complexity index is 382. The largest absolute Gasteiger partial charge is 0.480 e. The molecular formula is C12H20N2O6. The monoisotopic (exact) mass is 288 g/mol. The van der Waals surface area contributed by atoms with Gasteiger partial charge >= 0.3 is 11.9 Å². The molecule has 1 unspecified atom stereocenters. The Morgan fingerprint density at radius 2 is 1.45 bits per heavy atom. The van der Waals surface area contributed by atoms with Gasteiger partial charge in [-0.05, 0) is 26.8 Å². The number of nitrogens with one attached hydrogen (secondary N) is 2. The summed E-state index contributed by atoms with van der Waals surface area (Å²) in [6.45, 7) is 1.34. The number of hydrogen-bond acceptors (Lipinski definition) is 5. The molecule has 0 aliphatic carbocycles. The van der Waals surface area contributed by atoms with Crippen molar-refractivity contribution < 1.29 is 29.4 Å². The molecule has 0 bridgehead atoms. The molecular weight excluding hydrogens is 268 g/mol. The summed E-state index contributed by atoms with van der Waals surface area (Å²) in [7, 11) is 1.46. The van der Waals surface area contributed by atoms with Crippen molar-refractivity contribution in [3.63, 3.8) is 0 Å². The first-order chi connectivity index (χ1) is 9.27. The molecule has 8 heteroatoms. The van der Waals surface area contributed by atoms with Gasteiger partial charge in [-0.25, -0.2) is 4.79 Å². The quantitative estimate of drug-likeness (QED) is 0.421. The maximum absolute atomic E-state index is 11.6. The van der Waals surface area contributed by atoms with Crippen LogP contribution in [0, 0.1) is 0 Å². The lowest BCUT2D eigenvalue weighted by Crippen LogP contribution is -2.42. The number of carbonyl (C=O) groups excluding carboxylic acids is 2. The molecule has 1 amide bonds. The maximum Gasteiger partial charge on any atom is 0.326 e. The summed E-state index contributed by atoms with van der Waals surface area (Å²) in [6, 6.07) is -1.99. The normalized spacial score (nSPS) is 13.3. The highest BCUT2D eigenvalue weighted by atomic mass is 16.4. The first-order valence-corrected chi connectivity index (χ1v) is 6.19. The summed E-state index contributed by atoms with van der Waals surface area (Å²) < 4.78 is 0. The Morgan fingerprint density at radius 1 is 0.950 bits per heavy atom. The van der Waals surface area contributed by atoms with Gasteiger partial charge < -0.3 is 25.6 Å². The molecule has 0 saturated heterocycles. The molecule has 0 aromatic carbocycles. The third kappa shape index (κ3) is 7.47. The van der Waals surface area contributed by atoms with Crippen LogP contribution in [-0.4, -0.2) is 53.0 Å². The van der Waals surface area contributed by atoms with Crippen LogP contribution in [-0.2, 0) is 19.2 Å². The highest BCUT2D eigenvalue weighted by Crippen LogP contribution is 2.02. The number of ketones is 1. The Morgan fingerprint density at radius 3 is 1.85 bits per heavy atom. The second-order valence-electron chi connectivity index (χ2n) is 4.42. The summed E-state index contributed by atoms with van der Waals surface area (Å²) in [5.74, 6) is -3.01. The topological polar surface area (TPSA) is 133 Å². The number of likely N-dealkylation sites (N-methyl/N-ethyl adjacent to an activating group) is 1. The third-order valence-corrected chi connectivity index (χ3v) is 2.73. The fourth-order valence-electron chi connectivity index (χ4n) is 1.54. The van der Waals surface area contributed by atoms with Gasteiger partial charge in [0.15, 0.2) is 0 Å². The highest BCUT2D eigenvalue weighted by Gasteiger charge is 2.22. The second kappa shape index (κ2) is 9.03. The Hall–Kier alpha value is -1.96. The SMILES string of the molecule is CNC(CCC(=O)N[C@@H](CCC(C)=O)C(=O)O)C(=O)O. The molecule has 0 saturated carbocycles. The standard InChI is InChI=1S/C12H20N2O6/c1-7(15)3-4-9(12(19)20)14-10(16)6-5-8(13-2)11(17)18/h8-9,13H,3-6H2,1-2H3,(H,14,16)(H,17,18)(H,19,20)/t8?,9-/m0/s1. The number of rotatable bonds is 10. The van der Waals surface area contributed by atoms with Crippen LogP contribution in [0.5, 0.6) is 0 Å². The van der Waals surface area contributed by atoms with Crippen LogP contribution >= 0.6 is 0 Å². The molecule has 0 rings (SSSR count). The van der Waals surface area contributed by atoms with Crippen LogP contribution in [0.1, 0.15) is 32.6 Å². The van der Waals surface area contributed by atoms with Gasteiger partial charge in [0.05, 0.1) is 0 Å². The van der Waals surface area contributed by atoms with Gasteiger partial charge in [0.2, 0.25) is 5.91 Å². The van der Waals surface area contributed by atoms with E-state index in [1.807, 2.05) is 0 Å². The zero-order chi connectivity index (χ0) is 15.7. The Balaban J connectivity index is 4.29. The summed E-state index contributed by atoms with van der Waals surface area (Å²) in [4.78, 5) is 44.0. The van der Waals surface area contributed by atoms with E-state index < -0.39 is 29.9 Å². The van der Waals surface area contributed by atoms with E-state index in [0.29, 0.717) is 0 Å². The molecule has 4 N–H and O–H groups in total. The van der Waals surface area contributed by atoms with Crippen LogP contribution in [0.4, 0.5) is 0 Å². The van der Waals surface area contributed by atoms with Gasteiger partial charge in [-0.3, -0.25) is 9.59 Å². The molecule has 8 nitrogen and oxygen atoms in total. The lowest BCUT2D eigenvalue weighted by atomic mass is 10.1. The maximum atomic E-state index is 11.6. The lowest BCUT2D eigenvalue weighted by molar-refractivity contribution is -0.143. The average molecular weight is 288 g/mol. The van der Waals surface area contributed by atoms with Crippen LogP contribution < -0.4 is 10.6 Å². The van der Waals surface area contributed by atoms with E-state index in [4.69, 9.17) is 10.2 Å². The predicted molar refractivity (Wildman–Crippen MR) is 69.2 cm³/mol. The molecule has 114 valence electrons. The minimum absolute atomic E-state index is 0.0186. The van der Waals surface area contributed by atoms with E-state index in [1.54, 1.807) is 0 Å². The van der Waals surface area contributed by atoms with Crippen LogP contribution in [0.25, 0.3) is 0 Å².